The van der Waals surface area contributed by atoms with Gasteiger partial charge in [-0.1, -0.05) is 6.07 Å². The summed E-state index contributed by atoms with van der Waals surface area (Å²) in [6.07, 6.45) is 3.18. The fourth-order valence-electron chi connectivity index (χ4n) is 3.70. The van der Waals surface area contributed by atoms with Gasteiger partial charge in [-0.15, -0.1) is 12.4 Å². The SMILES string of the molecule is Cc1cc(C)cc(S(=O)(=O)N2CCC3(CCNCC3)C2)c1.Cl. The molecule has 0 amide bonds. The van der Waals surface area contributed by atoms with Gasteiger partial charge >= 0.3 is 0 Å². The lowest BCUT2D eigenvalue weighted by Crippen LogP contribution is -2.39. The molecule has 2 heterocycles. The molecule has 1 N–H and O–H groups in total. The molecule has 1 aromatic rings. The predicted octanol–water partition coefficient (Wildman–Crippen LogP) is 2.49. The second kappa shape index (κ2) is 6.48. The molecule has 0 bridgehead atoms. The van der Waals surface area contributed by atoms with Gasteiger partial charge in [0.15, 0.2) is 0 Å². The van der Waals surface area contributed by atoms with Gasteiger partial charge in [0.1, 0.15) is 0 Å². The zero-order valence-corrected chi connectivity index (χ0v) is 14.9. The number of halogens is 1. The van der Waals surface area contributed by atoms with E-state index in [4.69, 9.17) is 0 Å². The van der Waals surface area contributed by atoms with Crippen LogP contribution in [0.1, 0.15) is 30.4 Å². The van der Waals surface area contributed by atoms with Crippen molar-refractivity contribution in [2.45, 2.75) is 38.0 Å². The molecule has 3 rings (SSSR count). The van der Waals surface area contributed by atoms with E-state index in [0.717, 1.165) is 43.5 Å². The molecule has 0 atom stereocenters. The molecule has 0 unspecified atom stereocenters. The fourth-order valence-corrected chi connectivity index (χ4v) is 5.44. The Morgan fingerprint density at radius 2 is 1.64 bits per heavy atom. The van der Waals surface area contributed by atoms with Crippen molar-refractivity contribution in [2.24, 2.45) is 5.41 Å². The van der Waals surface area contributed by atoms with Crippen LogP contribution >= 0.6 is 12.4 Å². The zero-order chi connectivity index (χ0) is 15.1. The van der Waals surface area contributed by atoms with Crippen molar-refractivity contribution in [3.05, 3.63) is 29.3 Å². The number of nitrogens with one attached hydrogen (secondary N) is 1. The molecule has 6 heteroatoms. The second-order valence-corrected chi connectivity index (χ2v) is 8.60. The number of hydrogen-bond donors (Lipinski definition) is 1. The molecule has 2 saturated heterocycles. The molecule has 0 radical (unpaired) electrons. The Morgan fingerprint density at radius 3 is 2.23 bits per heavy atom. The van der Waals surface area contributed by atoms with Crippen LogP contribution in [-0.4, -0.2) is 38.9 Å². The van der Waals surface area contributed by atoms with E-state index in [1.165, 1.54) is 0 Å². The quantitative estimate of drug-likeness (QED) is 0.896. The molecule has 0 aliphatic carbocycles. The molecule has 0 aromatic heterocycles. The third kappa shape index (κ3) is 3.32. The first-order valence-electron chi connectivity index (χ1n) is 7.71. The minimum atomic E-state index is -3.35. The number of nitrogens with zero attached hydrogens (tertiary/aromatic N) is 1. The van der Waals surface area contributed by atoms with E-state index in [2.05, 4.69) is 5.32 Å². The Bertz CT molecular complexity index is 619. The highest BCUT2D eigenvalue weighted by atomic mass is 35.5. The topological polar surface area (TPSA) is 49.4 Å². The first-order chi connectivity index (χ1) is 9.91. The van der Waals surface area contributed by atoms with E-state index in [0.29, 0.717) is 18.0 Å². The van der Waals surface area contributed by atoms with Crippen molar-refractivity contribution in [1.29, 1.82) is 0 Å². The molecule has 2 aliphatic heterocycles. The number of benzene rings is 1. The molecular formula is C16H25ClN2O2S. The third-order valence-corrected chi connectivity index (χ3v) is 6.72. The summed E-state index contributed by atoms with van der Waals surface area (Å²) in [5.74, 6) is 0. The Kier molecular flexibility index (Phi) is 5.22. The molecule has 2 fully saturated rings. The molecular weight excluding hydrogens is 320 g/mol. The Labute approximate surface area is 139 Å². The summed E-state index contributed by atoms with van der Waals surface area (Å²) in [6, 6.07) is 5.59. The standard InChI is InChI=1S/C16H24N2O2S.ClH/c1-13-9-14(2)11-15(10-13)21(19,20)18-8-5-16(12-18)3-6-17-7-4-16;/h9-11,17H,3-8,12H2,1-2H3;1H. The lowest BCUT2D eigenvalue weighted by atomic mass is 9.78. The van der Waals surface area contributed by atoms with Crippen LogP contribution in [0.3, 0.4) is 0 Å². The van der Waals surface area contributed by atoms with Crippen molar-refractivity contribution < 1.29 is 8.42 Å². The molecule has 2 aliphatic rings. The van der Waals surface area contributed by atoms with E-state index in [1.807, 2.05) is 19.9 Å². The minimum absolute atomic E-state index is 0. The number of hydrogen-bond acceptors (Lipinski definition) is 3. The second-order valence-electron chi connectivity index (χ2n) is 6.66. The van der Waals surface area contributed by atoms with E-state index < -0.39 is 10.0 Å². The van der Waals surface area contributed by atoms with Gasteiger partial charge in [0.05, 0.1) is 4.90 Å². The van der Waals surface area contributed by atoms with Crippen LogP contribution in [0.25, 0.3) is 0 Å². The first kappa shape index (κ1) is 17.7. The van der Waals surface area contributed by atoms with Gasteiger partial charge in [0, 0.05) is 13.1 Å². The van der Waals surface area contributed by atoms with Crippen molar-refractivity contribution in [2.75, 3.05) is 26.2 Å². The normalized spacial score (nSPS) is 21.7. The van der Waals surface area contributed by atoms with Gasteiger partial charge in [-0.2, -0.15) is 4.31 Å². The maximum atomic E-state index is 12.9. The number of sulfonamides is 1. The van der Waals surface area contributed by atoms with E-state index >= 15 is 0 Å². The highest BCUT2D eigenvalue weighted by Crippen LogP contribution is 2.40. The Balaban J connectivity index is 0.00000176. The summed E-state index contributed by atoms with van der Waals surface area (Å²) < 4.78 is 27.5. The van der Waals surface area contributed by atoms with Crippen LogP contribution < -0.4 is 5.32 Å². The summed E-state index contributed by atoms with van der Waals surface area (Å²) in [4.78, 5) is 0.450. The maximum Gasteiger partial charge on any atom is 0.243 e. The minimum Gasteiger partial charge on any atom is -0.317 e. The van der Waals surface area contributed by atoms with Crippen LogP contribution in [0.5, 0.6) is 0 Å². The smallest absolute Gasteiger partial charge is 0.243 e. The van der Waals surface area contributed by atoms with Crippen LogP contribution in [0, 0.1) is 19.3 Å². The average Bonchev–Trinajstić information content (AvgIpc) is 2.83. The van der Waals surface area contributed by atoms with Crippen molar-refractivity contribution in [3.63, 3.8) is 0 Å². The van der Waals surface area contributed by atoms with E-state index in [9.17, 15) is 8.42 Å². The van der Waals surface area contributed by atoms with Gasteiger partial charge in [-0.3, -0.25) is 0 Å². The average molecular weight is 345 g/mol. The number of rotatable bonds is 2. The van der Waals surface area contributed by atoms with Gasteiger partial charge in [-0.05, 0) is 74.9 Å². The lowest BCUT2D eigenvalue weighted by Gasteiger charge is -2.33. The molecule has 1 spiro atoms. The zero-order valence-electron chi connectivity index (χ0n) is 13.3. The summed E-state index contributed by atoms with van der Waals surface area (Å²) in [6.45, 7) is 7.27. The van der Waals surface area contributed by atoms with Crippen molar-refractivity contribution in [3.8, 4) is 0 Å². The van der Waals surface area contributed by atoms with Crippen LogP contribution in [-0.2, 0) is 10.0 Å². The van der Waals surface area contributed by atoms with Gasteiger partial charge in [0.25, 0.3) is 0 Å². The fraction of sp³-hybridized carbons (Fsp3) is 0.625. The van der Waals surface area contributed by atoms with Crippen LogP contribution in [0.2, 0.25) is 0 Å². The summed E-state index contributed by atoms with van der Waals surface area (Å²) >= 11 is 0. The van der Waals surface area contributed by atoms with Crippen molar-refractivity contribution >= 4 is 22.4 Å². The number of aryl methyl sites for hydroxylation is 2. The molecule has 124 valence electrons. The van der Waals surface area contributed by atoms with Crippen LogP contribution in [0.4, 0.5) is 0 Å². The molecule has 22 heavy (non-hydrogen) atoms. The largest absolute Gasteiger partial charge is 0.317 e. The maximum absolute atomic E-state index is 12.9. The summed E-state index contributed by atoms with van der Waals surface area (Å²) in [7, 11) is -3.35. The van der Waals surface area contributed by atoms with E-state index in [1.54, 1.807) is 16.4 Å². The van der Waals surface area contributed by atoms with Crippen LogP contribution in [0.15, 0.2) is 23.1 Å². The van der Waals surface area contributed by atoms with E-state index in [-0.39, 0.29) is 17.8 Å². The van der Waals surface area contributed by atoms with Gasteiger partial charge < -0.3 is 5.32 Å². The highest BCUT2D eigenvalue weighted by molar-refractivity contribution is 7.89. The third-order valence-electron chi connectivity index (χ3n) is 4.90. The number of piperidine rings is 1. The highest BCUT2D eigenvalue weighted by Gasteiger charge is 2.43. The first-order valence-corrected chi connectivity index (χ1v) is 9.15. The monoisotopic (exact) mass is 344 g/mol. The Hall–Kier alpha value is -0.620. The van der Waals surface area contributed by atoms with Crippen molar-refractivity contribution in [1.82, 2.24) is 9.62 Å². The predicted molar refractivity (Wildman–Crippen MR) is 91.1 cm³/mol. The summed E-state index contributed by atoms with van der Waals surface area (Å²) in [5.41, 5.74) is 2.21. The summed E-state index contributed by atoms with van der Waals surface area (Å²) in [5, 5.41) is 3.37. The Morgan fingerprint density at radius 1 is 1.05 bits per heavy atom. The molecule has 0 saturated carbocycles. The lowest BCUT2D eigenvalue weighted by molar-refractivity contribution is 0.218. The van der Waals surface area contributed by atoms with Gasteiger partial charge in [-0.25, -0.2) is 8.42 Å². The van der Waals surface area contributed by atoms with Gasteiger partial charge in [0.2, 0.25) is 10.0 Å². The molecule has 4 nitrogen and oxygen atoms in total. The molecule has 1 aromatic carbocycles.